The Bertz CT molecular complexity index is 1270. The summed E-state index contributed by atoms with van der Waals surface area (Å²) in [7, 11) is 0. The highest BCUT2D eigenvalue weighted by Gasteiger charge is 2.47. The summed E-state index contributed by atoms with van der Waals surface area (Å²) in [5, 5.41) is 11.6. The second kappa shape index (κ2) is 14.6. The van der Waals surface area contributed by atoms with E-state index >= 15 is 0 Å². The van der Waals surface area contributed by atoms with Crippen molar-refractivity contribution < 1.29 is 24.1 Å². The van der Waals surface area contributed by atoms with E-state index in [0.717, 1.165) is 21.6 Å². The Balaban J connectivity index is 1.37. The van der Waals surface area contributed by atoms with Crippen molar-refractivity contribution in [2.24, 2.45) is 0 Å². The van der Waals surface area contributed by atoms with Gasteiger partial charge in [0.05, 0.1) is 26.4 Å². The predicted octanol–water partition coefficient (Wildman–Crippen LogP) is 6.56. The van der Waals surface area contributed by atoms with Crippen molar-refractivity contribution in [1.82, 2.24) is 0 Å². The number of rotatable bonds is 12. The fraction of sp³-hybridized carbons (Fsp3) is 0.294. The Labute approximate surface area is 241 Å². The third-order valence-corrected chi connectivity index (χ3v) is 8.01. The Morgan fingerprint density at radius 3 is 1.70 bits per heavy atom. The average Bonchev–Trinajstić information content (AvgIpc) is 3.00. The fourth-order valence-electron chi connectivity index (χ4n) is 4.64. The summed E-state index contributed by atoms with van der Waals surface area (Å²) in [5.74, 6) is 0. The van der Waals surface area contributed by atoms with Crippen LogP contribution < -0.4 is 0 Å². The molecule has 0 aliphatic carbocycles. The first-order valence-corrected chi connectivity index (χ1v) is 14.5. The van der Waals surface area contributed by atoms with Crippen molar-refractivity contribution in [2.75, 3.05) is 6.61 Å². The number of aliphatic hydroxyl groups excluding tert-OH is 1. The summed E-state index contributed by atoms with van der Waals surface area (Å²) in [6.45, 7) is 3.48. The van der Waals surface area contributed by atoms with Gasteiger partial charge in [0.25, 0.3) is 0 Å². The molecule has 1 saturated heterocycles. The molecule has 1 N–H and O–H groups in total. The second-order valence-electron chi connectivity index (χ2n) is 9.99. The van der Waals surface area contributed by atoms with E-state index in [9.17, 15) is 5.11 Å². The molecule has 0 saturated carbocycles. The van der Waals surface area contributed by atoms with Crippen LogP contribution >= 0.6 is 11.8 Å². The lowest BCUT2D eigenvalue weighted by atomic mass is 9.99. The third kappa shape index (κ3) is 8.04. The van der Waals surface area contributed by atoms with E-state index in [4.69, 9.17) is 18.9 Å². The van der Waals surface area contributed by atoms with Gasteiger partial charge in [-0.05, 0) is 35.7 Å². The highest BCUT2D eigenvalue weighted by atomic mass is 32.2. The Hall–Kier alpha value is -2.97. The predicted molar refractivity (Wildman–Crippen MR) is 158 cm³/mol. The van der Waals surface area contributed by atoms with E-state index < -0.39 is 29.9 Å². The molecular formula is C34H36O5S. The smallest absolute Gasteiger partial charge is 0.137 e. The highest BCUT2D eigenvalue weighted by Crippen LogP contribution is 2.37. The first kappa shape index (κ1) is 28.6. The molecule has 0 unspecified atom stereocenters. The SMILES string of the molecule is Cc1ccc(S[C@@H]2O[C@H](COCc3ccccc3)[C@H](O)[C@H](OCc3ccccc3)[C@H]2OCc2ccccc2)cc1. The topological polar surface area (TPSA) is 57.2 Å². The van der Waals surface area contributed by atoms with Crippen molar-refractivity contribution in [3.63, 3.8) is 0 Å². The fourth-order valence-corrected chi connectivity index (χ4v) is 5.77. The molecule has 5 rings (SSSR count). The quantitative estimate of drug-likeness (QED) is 0.213. The van der Waals surface area contributed by atoms with E-state index in [1.54, 1.807) is 11.8 Å². The number of ether oxygens (including phenoxy) is 4. The number of hydrogen-bond donors (Lipinski definition) is 1. The first-order valence-electron chi connectivity index (χ1n) is 13.7. The molecule has 1 heterocycles. The molecule has 5 nitrogen and oxygen atoms in total. The summed E-state index contributed by atoms with van der Waals surface area (Å²) >= 11 is 1.58. The van der Waals surface area contributed by atoms with Crippen LogP contribution in [0.2, 0.25) is 0 Å². The molecule has 1 aliphatic heterocycles. The molecular weight excluding hydrogens is 520 g/mol. The lowest BCUT2D eigenvalue weighted by molar-refractivity contribution is -0.240. The van der Waals surface area contributed by atoms with Crippen LogP contribution in [0.5, 0.6) is 0 Å². The molecule has 0 spiro atoms. The molecule has 1 fully saturated rings. The van der Waals surface area contributed by atoms with Gasteiger partial charge in [-0.3, -0.25) is 0 Å². The summed E-state index contributed by atoms with van der Waals surface area (Å²) in [4.78, 5) is 1.06. The minimum absolute atomic E-state index is 0.234. The lowest BCUT2D eigenvalue weighted by Gasteiger charge is -2.44. The molecule has 6 heteroatoms. The molecule has 0 amide bonds. The van der Waals surface area contributed by atoms with Crippen molar-refractivity contribution in [3.8, 4) is 0 Å². The number of benzene rings is 4. The van der Waals surface area contributed by atoms with E-state index in [1.807, 2.05) is 91.0 Å². The maximum absolute atomic E-state index is 11.6. The van der Waals surface area contributed by atoms with Gasteiger partial charge in [0.1, 0.15) is 29.9 Å². The third-order valence-electron chi connectivity index (χ3n) is 6.86. The van der Waals surface area contributed by atoms with Crippen LogP contribution in [0.15, 0.2) is 120 Å². The molecule has 40 heavy (non-hydrogen) atoms. The second-order valence-corrected chi connectivity index (χ2v) is 11.2. The number of hydrogen-bond acceptors (Lipinski definition) is 6. The van der Waals surface area contributed by atoms with Crippen LogP contribution in [-0.2, 0) is 38.8 Å². The Kier molecular flexibility index (Phi) is 10.4. The maximum Gasteiger partial charge on any atom is 0.137 e. The molecule has 4 aromatic carbocycles. The zero-order chi connectivity index (χ0) is 27.6. The molecule has 5 atom stereocenters. The molecule has 0 bridgehead atoms. The summed E-state index contributed by atoms with van der Waals surface area (Å²) in [6, 6.07) is 38.4. The molecule has 0 radical (unpaired) electrons. The maximum atomic E-state index is 11.6. The van der Waals surface area contributed by atoms with Crippen LogP contribution in [0.1, 0.15) is 22.3 Å². The van der Waals surface area contributed by atoms with Gasteiger partial charge in [-0.2, -0.15) is 0 Å². The average molecular weight is 557 g/mol. The van der Waals surface area contributed by atoms with E-state index in [-0.39, 0.29) is 6.61 Å². The zero-order valence-corrected chi connectivity index (χ0v) is 23.5. The van der Waals surface area contributed by atoms with Gasteiger partial charge >= 0.3 is 0 Å². The minimum atomic E-state index is -0.935. The van der Waals surface area contributed by atoms with Gasteiger partial charge in [0.15, 0.2) is 0 Å². The number of aliphatic hydroxyl groups is 1. The van der Waals surface area contributed by atoms with Gasteiger partial charge in [0.2, 0.25) is 0 Å². The van der Waals surface area contributed by atoms with Gasteiger partial charge in [0, 0.05) is 4.90 Å². The largest absolute Gasteiger partial charge is 0.387 e. The van der Waals surface area contributed by atoms with E-state index in [0.29, 0.717) is 19.8 Å². The zero-order valence-electron chi connectivity index (χ0n) is 22.7. The summed E-state index contributed by atoms with van der Waals surface area (Å²) in [6.07, 6.45) is -2.65. The molecule has 208 valence electrons. The summed E-state index contributed by atoms with van der Waals surface area (Å²) < 4.78 is 25.5. The Morgan fingerprint density at radius 1 is 0.650 bits per heavy atom. The molecule has 4 aromatic rings. The van der Waals surface area contributed by atoms with Gasteiger partial charge in [-0.1, -0.05) is 120 Å². The van der Waals surface area contributed by atoms with Gasteiger partial charge in [-0.25, -0.2) is 0 Å². The van der Waals surface area contributed by atoms with Gasteiger partial charge in [-0.15, -0.1) is 0 Å². The summed E-state index contributed by atoms with van der Waals surface area (Å²) in [5.41, 5.74) is 3.92. The molecule has 1 aliphatic rings. The van der Waals surface area contributed by atoms with Crippen LogP contribution in [0, 0.1) is 6.92 Å². The van der Waals surface area contributed by atoms with Crippen molar-refractivity contribution in [2.45, 2.75) is 61.5 Å². The lowest BCUT2D eigenvalue weighted by Crippen LogP contribution is -2.59. The normalized spacial score (nSPS) is 22.7. The van der Waals surface area contributed by atoms with Crippen LogP contribution in [-0.4, -0.2) is 41.6 Å². The molecule has 0 aromatic heterocycles. The monoisotopic (exact) mass is 556 g/mol. The number of thioether (sulfide) groups is 1. The van der Waals surface area contributed by atoms with Crippen LogP contribution in [0.4, 0.5) is 0 Å². The van der Waals surface area contributed by atoms with Crippen molar-refractivity contribution in [3.05, 3.63) is 138 Å². The van der Waals surface area contributed by atoms with Crippen molar-refractivity contribution >= 4 is 11.8 Å². The van der Waals surface area contributed by atoms with Crippen LogP contribution in [0.3, 0.4) is 0 Å². The first-order chi connectivity index (χ1) is 19.7. The number of aryl methyl sites for hydroxylation is 1. The van der Waals surface area contributed by atoms with E-state index in [2.05, 4.69) is 31.2 Å². The minimum Gasteiger partial charge on any atom is -0.387 e. The highest BCUT2D eigenvalue weighted by molar-refractivity contribution is 7.99. The van der Waals surface area contributed by atoms with Gasteiger partial charge < -0.3 is 24.1 Å². The van der Waals surface area contributed by atoms with E-state index in [1.165, 1.54) is 5.56 Å². The van der Waals surface area contributed by atoms with Crippen molar-refractivity contribution in [1.29, 1.82) is 0 Å². The standard InChI is InChI=1S/C34H36O5S/c1-25-17-19-29(20-18-25)40-34-33(38-23-28-15-9-4-10-16-28)32(37-22-27-13-7-3-8-14-27)31(35)30(39-34)24-36-21-26-11-5-2-6-12-26/h2-20,30-35H,21-24H2,1H3/t30-,31+,32+,33-,34+/m1/s1. The van der Waals surface area contributed by atoms with Crippen LogP contribution in [0.25, 0.3) is 0 Å². The Morgan fingerprint density at radius 2 is 1.15 bits per heavy atom.